The fourth-order valence-corrected chi connectivity index (χ4v) is 7.31. The molecule has 1 N–H and O–H groups in total. The number of aromatic nitrogens is 3. The summed E-state index contributed by atoms with van der Waals surface area (Å²) in [6.07, 6.45) is 5.66. The average molecular weight is 763 g/mol. The zero-order chi connectivity index (χ0) is 39.5. The highest BCUT2D eigenvalue weighted by molar-refractivity contribution is 7.44. The lowest BCUT2D eigenvalue weighted by molar-refractivity contribution is -0.122. The van der Waals surface area contributed by atoms with Gasteiger partial charge in [0.05, 0.1) is 35.7 Å². The van der Waals surface area contributed by atoms with Gasteiger partial charge in [-0.1, -0.05) is 47.7 Å². The lowest BCUT2D eigenvalue weighted by Crippen LogP contribution is -2.34. The average Bonchev–Trinajstić information content (AvgIpc) is 3.53. The minimum Gasteiger partial charge on any atom is -0.376 e. The Hall–Kier alpha value is -3.76. The van der Waals surface area contributed by atoms with Crippen molar-refractivity contribution in [1.29, 1.82) is 0 Å². The largest absolute Gasteiger partial charge is 0.544 e. The lowest BCUT2D eigenvalue weighted by Gasteiger charge is -2.29. The molecule has 1 aliphatic rings. The van der Waals surface area contributed by atoms with Crippen molar-refractivity contribution in [2.24, 2.45) is 0 Å². The molecule has 4 rings (SSSR count). The highest BCUT2D eigenvalue weighted by Gasteiger charge is 2.34. The number of hydrogen-bond acceptors (Lipinski definition) is 8. The Kier molecular flexibility index (Phi) is 15.3. The van der Waals surface area contributed by atoms with E-state index in [0.717, 1.165) is 45.5 Å². The Morgan fingerprint density at radius 1 is 0.889 bits per heavy atom. The maximum atomic E-state index is 13.9. The number of unbranched alkanes of at least 4 members (excludes halogenated alkanes) is 1. The third-order valence-corrected chi connectivity index (χ3v) is 11.4. The Bertz CT molecular complexity index is 1780. The number of aryl methyl sites for hydroxylation is 1. The number of carbonyl (C=O) groups is 2. The molecule has 11 nitrogen and oxygen atoms in total. The van der Waals surface area contributed by atoms with Crippen molar-refractivity contribution >= 4 is 25.5 Å². The molecule has 1 atom stereocenters. The van der Waals surface area contributed by atoms with Gasteiger partial charge in [0.15, 0.2) is 5.31 Å². The van der Waals surface area contributed by atoms with Crippen LogP contribution in [-0.2, 0) is 41.2 Å². The highest BCUT2D eigenvalue weighted by Crippen LogP contribution is 2.42. The molecule has 0 fully saturated rings. The minimum absolute atomic E-state index is 0.00303. The van der Waals surface area contributed by atoms with Crippen molar-refractivity contribution in [1.82, 2.24) is 20.3 Å². The van der Waals surface area contributed by atoms with Gasteiger partial charge in [0, 0.05) is 57.0 Å². The van der Waals surface area contributed by atoms with E-state index in [-0.39, 0.29) is 17.4 Å². The van der Waals surface area contributed by atoms with Crippen LogP contribution in [0.4, 0.5) is 5.69 Å². The molecule has 1 aromatic heterocycles. The summed E-state index contributed by atoms with van der Waals surface area (Å²) in [5.74, 6) is -0.0370. The quantitative estimate of drug-likeness (QED) is 0.0892. The topological polar surface area (TPSA) is 125 Å². The van der Waals surface area contributed by atoms with E-state index >= 15 is 0 Å². The van der Waals surface area contributed by atoms with Gasteiger partial charge in [0.25, 0.3) is 0 Å². The van der Waals surface area contributed by atoms with Crippen LogP contribution in [0.1, 0.15) is 113 Å². The number of benzene rings is 2. The monoisotopic (exact) mass is 762 g/mol. The fourth-order valence-electron chi connectivity index (χ4n) is 6.41. The van der Waals surface area contributed by atoms with Crippen molar-refractivity contribution in [3.8, 4) is 22.5 Å². The van der Waals surface area contributed by atoms with Crippen LogP contribution in [0, 0.1) is 0 Å². The van der Waals surface area contributed by atoms with Crippen LogP contribution >= 0.6 is 8.03 Å². The molecule has 294 valence electrons. The van der Waals surface area contributed by atoms with E-state index in [1.54, 1.807) is 13.0 Å². The summed E-state index contributed by atoms with van der Waals surface area (Å²) in [4.78, 5) is 28.5. The van der Waals surface area contributed by atoms with Crippen molar-refractivity contribution in [2.45, 2.75) is 137 Å². The third-order valence-electron chi connectivity index (χ3n) is 9.87. The summed E-state index contributed by atoms with van der Waals surface area (Å²) < 4.78 is 32.1. The number of nitrogens with one attached hydrogen (secondary N) is 1. The standard InChI is InChI=1S/C42H60N5O6P/c1-10-31(3)54(50)53-42(8,9)26-29-52-40(4,5)24-27-43-36(48)22-16-17-23-37(49)46-30-32-18-12-13-19-33(32)39-38(34-20-14-15-21-35(34)46)44-45-47(39)28-25-41(6,7)51-11-2/h10,12-15,18-21H,11,16-17,22-30H2,1-9H3/p+1. The first-order chi connectivity index (χ1) is 25.6. The van der Waals surface area contributed by atoms with E-state index in [4.69, 9.17) is 14.0 Å². The summed E-state index contributed by atoms with van der Waals surface area (Å²) >= 11 is 0. The zero-order valence-corrected chi connectivity index (χ0v) is 34.8. The molecule has 12 heteroatoms. The molecule has 2 heterocycles. The lowest BCUT2D eigenvalue weighted by atomic mass is 9.95. The van der Waals surface area contributed by atoms with E-state index in [0.29, 0.717) is 71.4 Å². The third kappa shape index (κ3) is 12.1. The maximum absolute atomic E-state index is 13.9. The Balaban J connectivity index is 1.30. The number of fused-ring (bicyclic) bond motifs is 5. The predicted molar refractivity (Wildman–Crippen MR) is 215 cm³/mol. The summed E-state index contributed by atoms with van der Waals surface area (Å²) in [5, 5.41) is 13.0. The number of para-hydroxylation sites is 1. The normalized spacial score (nSPS) is 13.8. The van der Waals surface area contributed by atoms with Crippen molar-refractivity contribution in [2.75, 3.05) is 24.7 Å². The summed E-state index contributed by atoms with van der Waals surface area (Å²) in [5.41, 5.74) is 4.06. The van der Waals surface area contributed by atoms with E-state index in [2.05, 4.69) is 41.6 Å². The molecular weight excluding hydrogens is 701 g/mol. The highest BCUT2D eigenvalue weighted by atomic mass is 31.1. The number of hydrogen-bond donors (Lipinski definition) is 1. The van der Waals surface area contributed by atoms with E-state index in [1.165, 1.54) is 0 Å². The molecule has 0 radical (unpaired) electrons. The zero-order valence-electron chi connectivity index (χ0n) is 33.9. The van der Waals surface area contributed by atoms with Gasteiger partial charge in [-0.25, -0.2) is 4.68 Å². The molecule has 2 aromatic carbocycles. The summed E-state index contributed by atoms with van der Waals surface area (Å²) in [7, 11) is -1.86. The molecule has 0 spiro atoms. The minimum atomic E-state index is -1.86. The summed E-state index contributed by atoms with van der Waals surface area (Å²) in [6.45, 7) is 20.3. The Morgan fingerprint density at radius 3 is 2.28 bits per heavy atom. The van der Waals surface area contributed by atoms with E-state index in [9.17, 15) is 14.2 Å². The van der Waals surface area contributed by atoms with Crippen LogP contribution in [0.25, 0.3) is 22.5 Å². The first-order valence-electron chi connectivity index (χ1n) is 19.3. The molecule has 1 unspecified atom stereocenters. The molecular formula is C42H61N5O6P+. The van der Waals surface area contributed by atoms with Crippen LogP contribution < -0.4 is 10.2 Å². The second-order valence-corrected chi connectivity index (χ2v) is 17.2. The molecule has 0 bridgehead atoms. The van der Waals surface area contributed by atoms with E-state index < -0.39 is 19.2 Å². The van der Waals surface area contributed by atoms with Crippen LogP contribution in [0.5, 0.6) is 0 Å². The van der Waals surface area contributed by atoms with Crippen molar-refractivity contribution < 1.29 is 28.2 Å². The van der Waals surface area contributed by atoms with Gasteiger partial charge in [-0.3, -0.25) is 9.59 Å². The smallest absolute Gasteiger partial charge is 0.376 e. The molecule has 3 aromatic rings. The van der Waals surface area contributed by atoms with Gasteiger partial charge in [-0.15, -0.1) is 9.62 Å². The molecule has 1 aliphatic heterocycles. The van der Waals surface area contributed by atoms with Gasteiger partial charge in [0.1, 0.15) is 11.3 Å². The maximum Gasteiger partial charge on any atom is 0.544 e. The Labute approximate surface area is 323 Å². The number of anilines is 1. The predicted octanol–water partition coefficient (Wildman–Crippen LogP) is 9.38. The molecule has 0 saturated heterocycles. The number of ether oxygens (including phenoxy) is 2. The van der Waals surface area contributed by atoms with Crippen LogP contribution in [-0.4, -0.2) is 63.4 Å². The Morgan fingerprint density at radius 2 is 1.56 bits per heavy atom. The number of rotatable bonds is 20. The first kappa shape index (κ1) is 43.0. The van der Waals surface area contributed by atoms with Gasteiger partial charge in [-0.05, 0) is 103 Å². The van der Waals surface area contributed by atoms with Gasteiger partial charge < -0.3 is 19.7 Å². The molecule has 54 heavy (non-hydrogen) atoms. The SMILES string of the molecule is CC=C(C)[P+](=O)OC(C)(C)CCOC(C)(C)CCNC(=O)CCCCC(=O)N1Cc2ccccc2-c2c(nnn2CCC(C)(C)OCC)-c2ccccc21. The van der Waals surface area contributed by atoms with Crippen LogP contribution in [0.15, 0.2) is 59.9 Å². The van der Waals surface area contributed by atoms with Gasteiger partial charge in [-0.2, -0.15) is 0 Å². The van der Waals surface area contributed by atoms with Crippen LogP contribution in [0.3, 0.4) is 0 Å². The van der Waals surface area contributed by atoms with Crippen molar-refractivity contribution in [3.05, 3.63) is 65.5 Å². The van der Waals surface area contributed by atoms with Gasteiger partial charge >= 0.3 is 8.03 Å². The van der Waals surface area contributed by atoms with Crippen molar-refractivity contribution in [3.63, 3.8) is 0 Å². The second kappa shape index (κ2) is 19.2. The number of allylic oxidation sites excluding steroid dienone is 2. The first-order valence-corrected chi connectivity index (χ1v) is 20.5. The number of carbonyl (C=O) groups excluding carboxylic acids is 2. The summed E-state index contributed by atoms with van der Waals surface area (Å²) in [6, 6.07) is 16.1. The molecule has 2 amide bonds. The number of nitrogens with zero attached hydrogens (tertiary/aromatic N) is 4. The fraction of sp³-hybridized carbons (Fsp3) is 0.571. The van der Waals surface area contributed by atoms with E-state index in [1.807, 2.05) is 87.5 Å². The molecule has 0 aliphatic carbocycles. The second-order valence-electron chi connectivity index (χ2n) is 15.8. The van der Waals surface area contributed by atoms with Crippen LogP contribution in [0.2, 0.25) is 0 Å². The number of amides is 2. The molecule has 0 saturated carbocycles. The van der Waals surface area contributed by atoms with Gasteiger partial charge in [0.2, 0.25) is 11.8 Å².